The fraction of sp³-hybridized carbons (Fsp3) is 0.455. The second-order valence-corrected chi connectivity index (χ2v) is 4.61. The molecule has 1 aromatic heterocycles. The van der Waals surface area contributed by atoms with Crippen LogP contribution >= 0.6 is 11.3 Å². The van der Waals surface area contributed by atoms with Crippen LogP contribution in [-0.4, -0.2) is 30.7 Å². The molecule has 94 valence electrons. The molecule has 0 aliphatic rings. The van der Waals surface area contributed by atoms with Crippen molar-refractivity contribution in [3.8, 4) is 0 Å². The Hall–Kier alpha value is -1.40. The first-order valence-electron chi connectivity index (χ1n) is 5.21. The van der Waals surface area contributed by atoms with E-state index in [1.807, 2.05) is 0 Å². The van der Waals surface area contributed by atoms with Gasteiger partial charge in [0, 0.05) is 25.0 Å². The van der Waals surface area contributed by atoms with Crippen molar-refractivity contribution in [3.63, 3.8) is 0 Å². The average molecular weight is 257 g/mol. The van der Waals surface area contributed by atoms with Crippen LogP contribution in [0.1, 0.15) is 27.4 Å². The quantitative estimate of drug-likeness (QED) is 0.726. The van der Waals surface area contributed by atoms with E-state index in [4.69, 9.17) is 9.84 Å². The fourth-order valence-corrected chi connectivity index (χ4v) is 2.03. The summed E-state index contributed by atoms with van der Waals surface area (Å²) in [6.45, 7) is 0.944. The number of carboxylic acid groups (broad SMARTS) is 1. The number of methoxy groups -OCH3 is 1. The molecule has 0 radical (unpaired) electrons. The minimum Gasteiger partial charge on any atom is -0.477 e. The maximum absolute atomic E-state index is 11.4. The number of aromatic carboxylic acids is 1. The van der Waals surface area contributed by atoms with Crippen molar-refractivity contribution >= 4 is 23.2 Å². The van der Waals surface area contributed by atoms with Gasteiger partial charge in [-0.05, 0) is 18.6 Å². The van der Waals surface area contributed by atoms with Gasteiger partial charge in [-0.15, -0.1) is 11.3 Å². The molecule has 1 rings (SSSR count). The molecule has 1 heterocycles. The molecule has 0 spiro atoms. The highest BCUT2D eigenvalue weighted by Gasteiger charge is 2.07. The van der Waals surface area contributed by atoms with Gasteiger partial charge in [0.25, 0.3) is 0 Å². The number of carbonyl (C=O) groups is 2. The average Bonchev–Trinajstić information content (AvgIpc) is 2.75. The Morgan fingerprint density at radius 3 is 2.82 bits per heavy atom. The maximum Gasteiger partial charge on any atom is 0.345 e. The van der Waals surface area contributed by atoms with E-state index in [1.54, 1.807) is 19.2 Å². The van der Waals surface area contributed by atoms with Gasteiger partial charge in [-0.3, -0.25) is 4.79 Å². The van der Waals surface area contributed by atoms with Crippen LogP contribution in [0.25, 0.3) is 0 Å². The zero-order valence-electron chi connectivity index (χ0n) is 9.56. The monoisotopic (exact) mass is 257 g/mol. The SMILES string of the molecule is COCCCC(=O)NCc1ccc(C(=O)O)s1. The number of rotatable bonds is 7. The summed E-state index contributed by atoms with van der Waals surface area (Å²) in [5, 5.41) is 11.5. The fourth-order valence-electron chi connectivity index (χ4n) is 1.24. The van der Waals surface area contributed by atoms with Gasteiger partial charge in [-0.2, -0.15) is 0 Å². The summed E-state index contributed by atoms with van der Waals surface area (Å²) >= 11 is 1.17. The van der Waals surface area contributed by atoms with Crippen molar-refractivity contribution in [1.82, 2.24) is 5.32 Å². The van der Waals surface area contributed by atoms with E-state index >= 15 is 0 Å². The lowest BCUT2D eigenvalue weighted by Crippen LogP contribution is -2.22. The topological polar surface area (TPSA) is 75.6 Å². The number of hydrogen-bond acceptors (Lipinski definition) is 4. The Labute approximate surface area is 103 Å². The molecule has 1 aromatic rings. The first-order chi connectivity index (χ1) is 8.13. The number of thiophene rings is 1. The van der Waals surface area contributed by atoms with E-state index in [2.05, 4.69) is 5.32 Å². The van der Waals surface area contributed by atoms with E-state index in [-0.39, 0.29) is 10.8 Å². The lowest BCUT2D eigenvalue weighted by atomic mass is 10.3. The van der Waals surface area contributed by atoms with Crippen LogP contribution in [0.4, 0.5) is 0 Å². The zero-order valence-corrected chi connectivity index (χ0v) is 10.4. The first kappa shape index (κ1) is 13.7. The van der Waals surface area contributed by atoms with Gasteiger partial charge in [0.1, 0.15) is 4.88 Å². The molecule has 0 unspecified atom stereocenters. The van der Waals surface area contributed by atoms with Crippen LogP contribution in [0.3, 0.4) is 0 Å². The van der Waals surface area contributed by atoms with E-state index in [0.29, 0.717) is 26.0 Å². The summed E-state index contributed by atoms with van der Waals surface area (Å²) in [7, 11) is 1.59. The highest BCUT2D eigenvalue weighted by Crippen LogP contribution is 2.15. The van der Waals surface area contributed by atoms with Crippen LogP contribution in [0, 0.1) is 0 Å². The summed E-state index contributed by atoms with van der Waals surface area (Å²) < 4.78 is 4.84. The molecule has 0 bridgehead atoms. The second kappa shape index (κ2) is 7.03. The predicted molar refractivity (Wildman–Crippen MR) is 64.2 cm³/mol. The molecule has 0 fully saturated rings. The van der Waals surface area contributed by atoms with E-state index in [9.17, 15) is 9.59 Å². The predicted octanol–water partition coefficient (Wildman–Crippen LogP) is 1.49. The first-order valence-corrected chi connectivity index (χ1v) is 6.02. The lowest BCUT2D eigenvalue weighted by molar-refractivity contribution is -0.121. The van der Waals surface area contributed by atoms with Gasteiger partial charge < -0.3 is 15.2 Å². The van der Waals surface area contributed by atoms with Crippen molar-refractivity contribution in [3.05, 3.63) is 21.9 Å². The third-order valence-corrected chi connectivity index (χ3v) is 3.16. The molecule has 1 amide bonds. The van der Waals surface area contributed by atoms with Gasteiger partial charge in [0.15, 0.2) is 0 Å². The van der Waals surface area contributed by atoms with E-state index in [1.165, 1.54) is 11.3 Å². The molecular formula is C11H15NO4S. The van der Waals surface area contributed by atoms with Gasteiger partial charge >= 0.3 is 5.97 Å². The Kier molecular flexibility index (Phi) is 5.65. The van der Waals surface area contributed by atoms with Crippen molar-refractivity contribution < 1.29 is 19.4 Å². The molecule has 0 atom stereocenters. The smallest absolute Gasteiger partial charge is 0.345 e. The summed E-state index contributed by atoms with van der Waals surface area (Å²) in [6, 6.07) is 3.25. The van der Waals surface area contributed by atoms with Crippen molar-refractivity contribution in [2.75, 3.05) is 13.7 Å². The summed E-state index contributed by atoms with van der Waals surface area (Å²) in [5.41, 5.74) is 0. The lowest BCUT2D eigenvalue weighted by Gasteiger charge is -2.02. The van der Waals surface area contributed by atoms with Crippen LogP contribution in [-0.2, 0) is 16.1 Å². The molecule has 17 heavy (non-hydrogen) atoms. The van der Waals surface area contributed by atoms with Crippen molar-refractivity contribution in [2.45, 2.75) is 19.4 Å². The third kappa shape index (κ3) is 4.97. The van der Waals surface area contributed by atoms with Gasteiger partial charge in [0.2, 0.25) is 5.91 Å². The Morgan fingerprint density at radius 1 is 1.47 bits per heavy atom. The Morgan fingerprint density at radius 2 is 2.24 bits per heavy atom. The summed E-state index contributed by atoms with van der Waals surface area (Å²) in [4.78, 5) is 23.1. The van der Waals surface area contributed by atoms with Gasteiger partial charge in [0.05, 0.1) is 6.54 Å². The molecular weight excluding hydrogens is 242 g/mol. The molecule has 0 aliphatic carbocycles. The molecule has 0 aliphatic heterocycles. The van der Waals surface area contributed by atoms with Crippen LogP contribution in [0.15, 0.2) is 12.1 Å². The minimum absolute atomic E-state index is 0.0488. The number of nitrogens with one attached hydrogen (secondary N) is 1. The van der Waals surface area contributed by atoms with Crippen LogP contribution in [0.2, 0.25) is 0 Å². The second-order valence-electron chi connectivity index (χ2n) is 3.44. The van der Waals surface area contributed by atoms with Crippen LogP contribution in [0.5, 0.6) is 0 Å². The third-order valence-electron chi connectivity index (χ3n) is 2.08. The van der Waals surface area contributed by atoms with E-state index < -0.39 is 5.97 Å². The minimum atomic E-state index is -0.937. The van der Waals surface area contributed by atoms with Gasteiger partial charge in [-0.25, -0.2) is 4.79 Å². The highest BCUT2D eigenvalue weighted by atomic mass is 32.1. The van der Waals surface area contributed by atoms with Crippen LogP contribution < -0.4 is 5.32 Å². The van der Waals surface area contributed by atoms with Gasteiger partial charge in [-0.1, -0.05) is 0 Å². The maximum atomic E-state index is 11.4. The number of carboxylic acids is 1. The number of ether oxygens (including phenoxy) is 1. The largest absolute Gasteiger partial charge is 0.477 e. The Bertz CT molecular complexity index is 389. The number of carbonyl (C=O) groups excluding carboxylic acids is 1. The molecule has 2 N–H and O–H groups in total. The summed E-state index contributed by atoms with van der Waals surface area (Å²) in [5.74, 6) is -0.986. The van der Waals surface area contributed by atoms with Crippen molar-refractivity contribution in [2.24, 2.45) is 0 Å². The molecule has 6 heteroatoms. The standard InChI is InChI=1S/C11H15NO4S/c1-16-6-2-3-10(13)12-7-8-4-5-9(17-8)11(14)15/h4-5H,2-3,6-7H2,1H3,(H,12,13)(H,14,15). The number of hydrogen-bond donors (Lipinski definition) is 2. The zero-order chi connectivity index (χ0) is 12.7. The summed E-state index contributed by atoms with van der Waals surface area (Å²) in [6.07, 6.45) is 1.11. The highest BCUT2D eigenvalue weighted by molar-refractivity contribution is 7.13. The number of amides is 1. The molecule has 0 saturated heterocycles. The van der Waals surface area contributed by atoms with Crippen molar-refractivity contribution in [1.29, 1.82) is 0 Å². The molecule has 0 saturated carbocycles. The molecule has 5 nitrogen and oxygen atoms in total. The Balaban J connectivity index is 2.29. The molecule has 0 aromatic carbocycles. The normalized spacial score (nSPS) is 10.2. The van der Waals surface area contributed by atoms with E-state index in [0.717, 1.165) is 4.88 Å².